The van der Waals surface area contributed by atoms with Gasteiger partial charge in [-0.15, -0.1) is 0 Å². The van der Waals surface area contributed by atoms with Gasteiger partial charge in [0.2, 0.25) is 0 Å². The summed E-state index contributed by atoms with van der Waals surface area (Å²) in [5.74, 6) is -5.17. The molecule has 34 heavy (non-hydrogen) atoms. The summed E-state index contributed by atoms with van der Waals surface area (Å²) >= 11 is 0. The molecule has 6 heteroatoms. The smallest absolute Gasteiger partial charge is 0.332 e. The summed E-state index contributed by atoms with van der Waals surface area (Å²) in [7, 11) is 0. The van der Waals surface area contributed by atoms with Crippen LogP contribution >= 0.6 is 0 Å². The van der Waals surface area contributed by atoms with Crippen molar-refractivity contribution in [1.82, 2.24) is 0 Å². The zero-order chi connectivity index (χ0) is 25.1. The zero-order valence-corrected chi connectivity index (χ0v) is 20.0. The van der Waals surface area contributed by atoms with Gasteiger partial charge in [-0.1, -0.05) is 81.4 Å². The SMILES string of the molecule is CC(C)(C)C1CC(CCC(C(=O)O)(C(=O)O)C(=O)O)C1(Cc1ccccc1)Cc1ccccc1. The highest BCUT2D eigenvalue weighted by atomic mass is 16.4. The number of hydrogen-bond donors (Lipinski definition) is 3. The number of aliphatic carboxylic acids is 3. The van der Waals surface area contributed by atoms with Gasteiger partial charge in [-0.2, -0.15) is 0 Å². The summed E-state index contributed by atoms with van der Waals surface area (Å²) in [5.41, 5.74) is -0.777. The maximum atomic E-state index is 11.8. The third-order valence-electron chi connectivity index (χ3n) is 7.79. The van der Waals surface area contributed by atoms with Gasteiger partial charge in [0.15, 0.2) is 0 Å². The van der Waals surface area contributed by atoms with E-state index < -0.39 is 29.7 Å². The van der Waals surface area contributed by atoms with E-state index in [2.05, 4.69) is 45.0 Å². The van der Waals surface area contributed by atoms with E-state index in [9.17, 15) is 29.7 Å². The van der Waals surface area contributed by atoms with Gasteiger partial charge < -0.3 is 15.3 Å². The summed E-state index contributed by atoms with van der Waals surface area (Å²) in [6.07, 6.45) is 2.10. The maximum absolute atomic E-state index is 11.8. The second-order valence-corrected chi connectivity index (χ2v) is 10.8. The Hall–Kier alpha value is -3.15. The monoisotopic (exact) mass is 466 g/mol. The first kappa shape index (κ1) is 25.5. The van der Waals surface area contributed by atoms with Gasteiger partial charge in [-0.25, -0.2) is 0 Å². The fourth-order valence-corrected chi connectivity index (χ4v) is 6.03. The molecule has 1 aliphatic rings. The first-order valence-electron chi connectivity index (χ1n) is 11.7. The second kappa shape index (κ2) is 9.61. The van der Waals surface area contributed by atoms with Crippen LogP contribution in [-0.2, 0) is 27.2 Å². The molecular formula is C28H34O6. The maximum Gasteiger partial charge on any atom is 0.332 e. The van der Waals surface area contributed by atoms with E-state index in [1.165, 1.54) is 11.1 Å². The summed E-state index contributed by atoms with van der Waals surface area (Å²) in [6.45, 7) is 6.61. The van der Waals surface area contributed by atoms with Crippen LogP contribution < -0.4 is 0 Å². The number of carboxylic acids is 3. The van der Waals surface area contributed by atoms with Crippen LogP contribution in [0.3, 0.4) is 0 Å². The van der Waals surface area contributed by atoms with Gasteiger partial charge in [0.1, 0.15) is 0 Å². The lowest BCUT2D eigenvalue weighted by molar-refractivity contribution is -0.178. The minimum Gasteiger partial charge on any atom is -0.480 e. The third-order valence-corrected chi connectivity index (χ3v) is 7.79. The van der Waals surface area contributed by atoms with E-state index in [0.717, 1.165) is 19.3 Å². The summed E-state index contributed by atoms with van der Waals surface area (Å²) in [4.78, 5) is 35.5. The van der Waals surface area contributed by atoms with Crippen LogP contribution in [0.4, 0.5) is 0 Å². The number of carbonyl (C=O) groups is 3. The Bertz CT molecular complexity index is 944. The lowest BCUT2D eigenvalue weighted by Crippen LogP contribution is -2.57. The number of benzene rings is 2. The van der Waals surface area contributed by atoms with Crippen molar-refractivity contribution in [3.63, 3.8) is 0 Å². The quantitative estimate of drug-likeness (QED) is 0.417. The highest BCUT2D eigenvalue weighted by molar-refractivity contribution is 6.16. The van der Waals surface area contributed by atoms with E-state index in [1.807, 2.05) is 36.4 Å². The summed E-state index contributed by atoms with van der Waals surface area (Å²) < 4.78 is 0. The molecular weight excluding hydrogens is 432 g/mol. The van der Waals surface area contributed by atoms with Crippen LogP contribution in [0.1, 0.15) is 51.2 Å². The molecule has 0 bridgehead atoms. The molecule has 1 fully saturated rings. The molecule has 0 spiro atoms. The summed E-state index contributed by atoms with van der Waals surface area (Å²) in [6, 6.07) is 20.2. The molecule has 0 aromatic heterocycles. The van der Waals surface area contributed by atoms with Gasteiger partial charge in [-0.05, 0) is 65.9 Å². The van der Waals surface area contributed by atoms with Crippen molar-refractivity contribution in [2.45, 2.75) is 52.9 Å². The number of rotatable bonds is 10. The number of carboxylic acid groups (broad SMARTS) is 3. The first-order chi connectivity index (χ1) is 15.9. The van der Waals surface area contributed by atoms with Crippen LogP contribution in [0.5, 0.6) is 0 Å². The van der Waals surface area contributed by atoms with Crippen molar-refractivity contribution in [1.29, 1.82) is 0 Å². The molecule has 6 nitrogen and oxygen atoms in total. The lowest BCUT2D eigenvalue weighted by Gasteiger charge is -2.62. The second-order valence-electron chi connectivity index (χ2n) is 10.8. The van der Waals surface area contributed by atoms with E-state index >= 15 is 0 Å². The molecule has 2 aromatic carbocycles. The first-order valence-corrected chi connectivity index (χ1v) is 11.7. The molecule has 2 unspecified atom stereocenters. The van der Waals surface area contributed by atoms with Crippen molar-refractivity contribution in [3.05, 3.63) is 71.8 Å². The Balaban J connectivity index is 2.02. The minimum absolute atomic E-state index is 0.00503. The van der Waals surface area contributed by atoms with Crippen molar-refractivity contribution < 1.29 is 29.7 Å². The molecule has 0 aliphatic heterocycles. The molecule has 3 rings (SSSR count). The van der Waals surface area contributed by atoms with E-state index in [1.54, 1.807) is 0 Å². The van der Waals surface area contributed by atoms with Crippen molar-refractivity contribution in [2.24, 2.45) is 28.1 Å². The Morgan fingerprint density at radius 1 is 0.794 bits per heavy atom. The molecule has 0 radical (unpaired) electrons. The lowest BCUT2D eigenvalue weighted by atomic mass is 9.42. The fourth-order valence-electron chi connectivity index (χ4n) is 6.03. The number of hydrogen-bond acceptors (Lipinski definition) is 3. The van der Waals surface area contributed by atoms with Crippen molar-refractivity contribution in [2.75, 3.05) is 0 Å². The Labute approximate surface area is 200 Å². The molecule has 3 N–H and O–H groups in total. The average molecular weight is 467 g/mol. The van der Waals surface area contributed by atoms with Crippen molar-refractivity contribution in [3.8, 4) is 0 Å². The fraction of sp³-hybridized carbons (Fsp3) is 0.464. The summed E-state index contributed by atoms with van der Waals surface area (Å²) in [5, 5.41) is 28.8. The third kappa shape index (κ3) is 4.72. The Morgan fingerprint density at radius 2 is 1.21 bits per heavy atom. The zero-order valence-electron chi connectivity index (χ0n) is 20.0. The van der Waals surface area contributed by atoms with E-state index in [4.69, 9.17) is 0 Å². The minimum atomic E-state index is -2.84. The normalized spacial score (nSPS) is 19.7. The standard InChI is InChI=1S/C28H34O6/c1-26(2,3)22-16-21(14-15-28(23(29)30,24(31)32)25(33)34)27(22,17-19-10-6-4-7-11-19)18-20-12-8-5-9-13-20/h4-13,21-22H,14-18H2,1-3H3,(H,29,30)(H,31,32)(H,33,34). The molecule has 0 amide bonds. The Kier molecular flexibility index (Phi) is 7.20. The molecule has 182 valence electrons. The van der Waals surface area contributed by atoms with E-state index in [-0.39, 0.29) is 23.2 Å². The molecule has 0 saturated heterocycles. The van der Waals surface area contributed by atoms with Crippen LogP contribution in [0.25, 0.3) is 0 Å². The predicted molar refractivity (Wildman–Crippen MR) is 128 cm³/mol. The van der Waals surface area contributed by atoms with Gasteiger partial charge in [0, 0.05) is 0 Å². The van der Waals surface area contributed by atoms with Crippen LogP contribution in [-0.4, -0.2) is 33.2 Å². The average Bonchev–Trinajstić information content (AvgIpc) is 2.75. The van der Waals surface area contributed by atoms with Gasteiger partial charge >= 0.3 is 17.9 Å². The van der Waals surface area contributed by atoms with Gasteiger partial charge in [0.05, 0.1) is 0 Å². The van der Waals surface area contributed by atoms with Crippen molar-refractivity contribution >= 4 is 17.9 Å². The molecule has 0 heterocycles. The predicted octanol–water partition coefficient (Wildman–Crippen LogP) is 5.16. The van der Waals surface area contributed by atoms with Crippen LogP contribution in [0, 0.1) is 28.1 Å². The highest BCUT2D eigenvalue weighted by Gasteiger charge is 2.60. The molecule has 2 aromatic rings. The highest BCUT2D eigenvalue weighted by Crippen LogP contribution is 2.63. The van der Waals surface area contributed by atoms with Crippen LogP contribution in [0.2, 0.25) is 0 Å². The van der Waals surface area contributed by atoms with Crippen LogP contribution in [0.15, 0.2) is 60.7 Å². The van der Waals surface area contributed by atoms with Gasteiger partial charge in [-0.3, -0.25) is 14.4 Å². The van der Waals surface area contributed by atoms with Gasteiger partial charge in [0.25, 0.3) is 5.41 Å². The molecule has 1 aliphatic carbocycles. The topological polar surface area (TPSA) is 112 Å². The van der Waals surface area contributed by atoms with E-state index in [0.29, 0.717) is 5.92 Å². The molecule has 1 saturated carbocycles. The Morgan fingerprint density at radius 3 is 1.56 bits per heavy atom. The largest absolute Gasteiger partial charge is 0.480 e. The molecule has 2 atom stereocenters.